The Hall–Kier alpha value is -2.71. The summed E-state index contributed by atoms with van der Waals surface area (Å²) in [5.74, 6) is -0.702. The molecule has 2 amide bonds. The number of rotatable bonds is 7. The fourth-order valence-corrected chi connectivity index (χ4v) is 5.89. The molecule has 30 heavy (non-hydrogen) atoms. The number of nitrogens with one attached hydrogen (secondary N) is 1. The van der Waals surface area contributed by atoms with Gasteiger partial charge in [-0.15, -0.1) is 23.5 Å². The van der Waals surface area contributed by atoms with Crippen molar-refractivity contribution in [3.05, 3.63) is 77.5 Å². The van der Waals surface area contributed by atoms with Crippen LogP contribution in [-0.4, -0.2) is 50.7 Å². The van der Waals surface area contributed by atoms with Crippen molar-refractivity contribution in [1.29, 1.82) is 0 Å². The average molecular weight is 441 g/mol. The molecule has 2 heterocycles. The molecule has 2 atom stereocenters. The SMILES string of the molecule is O=C(Cc1ccccc1)NC1C(=O)N2C(C(=O)O)=C(CSc3ccccc3)CSC12. The van der Waals surface area contributed by atoms with E-state index in [1.807, 2.05) is 60.7 Å². The monoisotopic (exact) mass is 440 g/mol. The highest BCUT2D eigenvalue weighted by atomic mass is 32.2. The fraction of sp³-hybridized carbons (Fsp3) is 0.227. The molecule has 0 saturated carbocycles. The number of carboxylic acids is 1. The minimum atomic E-state index is -1.11. The van der Waals surface area contributed by atoms with Crippen molar-refractivity contribution in [2.75, 3.05) is 11.5 Å². The average Bonchev–Trinajstić information content (AvgIpc) is 2.76. The number of carbonyl (C=O) groups is 3. The maximum Gasteiger partial charge on any atom is 0.352 e. The normalized spacial score (nSPS) is 20.4. The van der Waals surface area contributed by atoms with E-state index in [2.05, 4.69) is 5.32 Å². The first-order valence-corrected chi connectivity index (χ1v) is 11.5. The topological polar surface area (TPSA) is 86.7 Å². The van der Waals surface area contributed by atoms with Gasteiger partial charge in [-0.1, -0.05) is 48.5 Å². The van der Waals surface area contributed by atoms with Crippen molar-refractivity contribution in [2.24, 2.45) is 0 Å². The van der Waals surface area contributed by atoms with E-state index in [0.29, 0.717) is 11.5 Å². The molecule has 0 spiro atoms. The van der Waals surface area contributed by atoms with Crippen molar-refractivity contribution in [3.63, 3.8) is 0 Å². The summed E-state index contributed by atoms with van der Waals surface area (Å²) in [6.07, 6.45) is 0.183. The second-order valence-corrected chi connectivity index (χ2v) is 9.13. The van der Waals surface area contributed by atoms with Crippen molar-refractivity contribution < 1.29 is 19.5 Å². The van der Waals surface area contributed by atoms with E-state index in [1.165, 1.54) is 16.7 Å². The summed E-state index contributed by atoms with van der Waals surface area (Å²) >= 11 is 3.04. The molecule has 0 radical (unpaired) electrons. The maximum atomic E-state index is 12.7. The summed E-state index contributed by atoms with van der Waals surface area (Å²) in [6.45, 7) is 0. The van der Waals surface area contributed by atoms with E-state index < -0.39 is 12.0 Å². The number of fused-ring (bicyclic) bond motifs is 1. The van der Waals surface area contributed by atoms with Crippen LogP contribution in [0.4, 0.5) is 0 Å². The lowest BCUT2D eigenvalue weighted by Crippen LogP contribution is -2.70. The zero-order chi connectivity index (χ0) is 21.1. The zero-order valence-electron chi connectivity index (χ0n) is 16.0. The number of β-lactam (4-membered cyclic amide) rings is 1. The van der Waals surface area contributed by atoms with E-state index in [1.54, 1.807) is 11.8 Å². The third-order valence-corrected chi connectivity index (χ3v) is 7.37. The molecule has 2 unspecified atom stereocenters. The molecular weight excluding hydrogens is 420 g/mol. The first-order chi connectivity index (χ1) is 14.5. The van der Waals surface area contributed by atoms with Gasteiger partial charge in [0.1, 0.15) is 17.1 Å². The van der Waals surface area contributed by atoms with Crippen LogP contribution in [0.1, 0.15) is 5.56 Å². The third-order valence-electron chi connectivity index (χ3n) is 4.93. The predicted molar refractivity (Wildman–Crippen MR) is 117 cm³/mol. The van der Waals surface area contributed by atoms with Crippen LogP contribution in [0.5, 0.6) is 0 Å². The second kappa shape index (κ2) is 8.97. The molecule has 2 aromatic rings. The first kappa shape index (κ1) is 20.6. The number of carboxylic acid groups (broad SMARTS) is 1. The zero-order valence-corrected chi connectivity index (χ0v) is 17.6. The van der Waals surface area contributed by atoms with E-state index in [9.17, 15) is 19.5 Å². The van der Waals surface area contributed by atoms with Gasteiger partial charge in [0.25, 0.3) is 5.91 Å². The lowest BCUT2D eigenvalue weighted by Gasteiger charge is -2.49. The molecule has 4 rings (SSSR count). The lowest BCUT2D eigenvalue weighted by molar-refractivity contribution is -0.150. The molecule has 2 aliphatic heterocycles. The van der Waals surface area contributed by atoms with Crippen LogP contribution >= 0.6 is 23.5 Å². The van der Waals surface area contributed by atoms with Crippen LogP contribution < -0.4 is 5.32 Å². The largest absolute Gasteiger partial charge is 0.477 e. The molecular formula is C22H20N2O4S2. The van der Waals surface area contributed by atoms with E-state index >= 15 is 0 Å². The lowest BCUT2D eigenvalue weighted by atomic mass is 10.0. The minimum absolute atomic E-state index is 0.0562. The van der Waals surface area contributed by atoms with Crippen LogP contribution in [0.15, 0.2) is 76.8 Å². The number of hydrogen-bond donors (Lipinski definition) is 2. The number of amides is 2. The van der Waals surface area contributed by atoms with Gasteiger partial charge in [0.05, 0.1) is 6.42 Å². The van der Waals surface area contributed by atoms with Crippen LogP contribution in [0.3, 0.4) is 0 Å². The summed E-state index contributed by atoms with van der Waals surface area (Å²) < 4.78 is 0. The Morgan fingerprint density at radius 1 is 1.10 bits per heavy atom. The van der Waals surface area contributed by atoms with E-state index in [4.69, 9.17) is 0 Å². The second-order valence-electron chi connectivity index (χ2n) is 6.98. The number of benzene rings is 2. The molecule has 0 aliphatic carbocycles. The minimum Gasteiger partial charge on any atom is -0.477 e. The smallest absolute Gasteiger partial charge is 0.352 e. The van der Waals surface area contributed by atoms with Crippen molar-refractivity contribution >= 4 is 41.3 Å². The van der Waals surface area contributed by atoms with Crippen LogP contribution in [0, 0.1) is 0 Å². The summed E-state index contributed by atoms with van der Waals surface area (Å²) in [7, 11) is 0. The Labute approximate surface area is 182 Å². The quantitative estimate of drug-likeness (QED) is 0.509. The highest BCUT2D eigenvalue weighted by Crippen LogP contribution is 2.41. The maximum absolute atomic E-state index is 12.7. The molecule has 8 heteroatoms. The van der Waals surface area contributed by atoms with Crippen LogP contribution in [-0.2, 0) is 20.8 Å². The summed E-state index contributed by atoms with van der Waals surface area (Å²) in [5.41, 5.74) is 1.64. The molecule has 0 aromatic heterocycles. The number of hydrogen-bond acceptors (Lipinski definition) is 5. The summed E-state index contributed by atoms with van der Waals surface area (Å²) in [4.78, 5) is 39.4. The number of aliphatic carboxylic acids is 1. The van der Waals surface area contributed by atoms with Gasteiger partial charge in [-0.2, -0.15) is 0 Å². The molecule has 1 fully saturated rings. The number of thioether (sulfide) groups is 2. The standard InChI is InChI=1S/C22H20N2O4S2/c25-17(11-14-7-3-1-4-8-14)23-18-20(26)24-19(22(27)28)15(13-30-21(18)24)12-29-16-9-5-2-6-10-16/h1-10,18,21H,11-13H2,(H,23,25)(H,27,28). The Morgan fingerprint density at radius 2 is 1.77 bits per heavy atom. The summed E-state index contributed by atoms with van der Waals surface area (Å²) in [6, 6.07) is 18.3. The van der Waals surface area contributed by atoms with Gasteiger partial charge in [0.15, 0.2) is 0 Å². The van der Waals surface area contributed by atoms with Gasteiger partial charge in [-0.05, 0) is 23.3 Å². The van der Waals surface area contributed by atoms with Gasteiger partial charge in [-0.25, -0.2) is 4.79 Å². The van der Waals surface area contributed by atoms with Crippen LogP contribution in [0.2, 0.25) is 0 Å². The molecule has 1 saturated heterocycles. The Kier molecular flexibility index (Phi) is 6.15. The fourth-order valence-electron chi connectivity index (χ4n) is 3.49. The van der Waals surface area contributed by atoms with Crippen molar-refractivity contribution in [3.8, 4) is 0 Å². The molecule has 0 bridgehead atoms. The molecule has 2 aromatic carbocycles. The van der Waals surface area contributed by atoms with Gasteiger partial charge in [0, 0.05) is 16.4 Å². The van der Waals surface area contributed by atoms with Gasteiger partial charge in [-0.3, -0.25) is 14.5 Å². The van der Waals surface area contributed by atoms with E-state index in [0.717, 1.165) is 16.0 Å². The molecule has 154 valence electrons. The first-order valence-electron chi connectivity index (χ1n) is 9.45. The molecule has 6 nitrogen and oxygen atoms in total. The Morgan fingerprint density at radius 3 is 2.43 bits per heavy atom. The van der Waals surface area contributed by atoms with Crippen molar-refractivity contribution in [2.45, 2.75) is 22.7 Å². The van der Waals surface area contributed by atoms with Crippen molar-refractivity contribution in [1.82, 2.24) is 10.2 Å². The van der Waals surface area contributed by atoms with Gasteiger partial charge >= 0.3 is 5.97 Å². The Bertz CT molecular complexity index is 995. The predicted octanol–water partition coefficient (Wildman–Crippen LogP) is 2.76. The van der Waals surface area contributed by atoms with Crippen LogP contribution in [0.25, 0.3) is 0 Å². The number of nitrogens with zero attached hydrogens (tertiary/aromatic N) is 1. The Balaban J connectivity index is 1.43. The van der Waals surface area contributed by atoms with Gasteiger partial charge < -0.3 is 10.4 Å². The number of carbonyl (C=O) groups excluding carboxylic acids is 2. The highest BCUT2D eigenvalue weighted by molar-refractivity contribution is 8.01. The molecule has 2 N–H and O–H groups in total. The van der Waals surface area contributed by atoms with Gasteiger partial charge in [0.2, 0.25) is 5.91 Å². The third kappa shape index (κ3) is 4.24. The summed E-state index contributed by atoms with van der Waals surface area (Å²) in [5, 5.41) is 12.1. The highest BCUT2D eigenvalue weighted by Gasteiger charge is 2.54. The van der Waals surface area contributed by atoms with E-state index in [-0.39, 0.29) is 29.3 Å². The molecule has 2 aliphatic rings.